The second-order valence-electron chi connectivity index (χ2n) is 7.03. The Morgan fingerprint density at radius 1 is 1.25 bits per heavy atom. The lowest BCUT2D eigenvalue weighted by molar-refractivity contribution is -0.0411. The first-order chi connectivity index (χ1) is 9.33. The van der Waals surface area contributed by atoms with Gasteiger partial charge >= 0.3 is 0 Å². The molecule has 0 N–H and O–H groups in total. The van der Waals surface area contributed by atoms with Crippen LogP contribution in [0.2, 0.25) is 0 Å². The molecule has 0 aliphatic heterocycles. The van der Waals surface area contributed by atoms with E-state index in [0.717, 1.165) is 12.2 Å². The fourth-order valence-corrected chi connectivity index (χ4v) is 4.49. The van der Waals surface area contributed by atoms with Crippen molar-refractivity contribution >= 4 is 15.9 Å². The number of benzene rings is 1. The van der Waals surface area contributed by atoms with Gasteiger partial charge in [0.25, 0.3) is 0 Å². The summed E-state index contributed by atoms with van der Waals surface area (Å²) in [6.45, 7) is 11.3. The Hall–Kier alpha value is -0.500. The first kappa shape index (κ1) is 15.9. The molecule has 1 fully saturated rings. The molecule has 2 heteroatoms. The van der Waals surface area contributed by atoms with Crippen molar-refractivity contribution in [2.45, 2.75) is 70.2 Å². The van der Waals surface area contributed by atoms with E-state index in [-0.39, 0.29) is 5.41 Å². The Bertz CT molecular complexity index is 457. The molecule has 0 heterocycles. The van der Waals surface area contributed by atoms with E-state index < -0.39 is 0 Å². The Morgan fingerprint density at radius 2 is 1.90 bits per heavy atom. The lowest BCUT2D eigenvalue weighted by atomic mass is 9.62. The summed E-state index contributed by atoms with van der Waals surface area (Å²) in [7, 11) is 0. The van der Waals surface area contributed by atoms with Crippen LogP contribution >= 0.6 is 15.9 Å². The van der Waals surface area contributed by atoms with Crippen LogP contribution in [0.3, 0.4) is 0 Å². The molecule has 2 atom stereocenters. The second kappa shape index (κ2) is 5.71. The van der Waals surface area contributed by atoms with Gasteiger partial charge in [0.1, 0.15) is 11.9 Å². The number of ether oxygens (including phenoxy) is 1. The van der Waals surface area contributed by atoms with Crippen LogP contribution in [0.15, 0.2) is 24.3 Å². The summed E-state index contributed by atoms with van der Waals surface area (Å²) < 4.78 is 6.32. The Balaban J connectivity index is 2.15. The largest absolute Gasteiger partial charge is 0.490 e. The van der Waals surface area contributed by atoms with Crippen molar-refractivity contribution in [3.63, 3.8) is 0 Å². The van der Waals surface area contributed by atoms with Gasteiger partial charge in [0.05, 0.1) is 0 Å². The van der Waals surface area contributed by atoms with Gasteiger partial charge in [-0.1, -0.05) is 62.7 Å². The molecule has 0 amide bonds. The minimum atomic E-state index is 0.170. The minimum absolute atomic E-state index is 0.170. The average molecular weight is 339 g/mol. The monoisotopic (exact) mass is 338 g/mol. The molecule has 1 aliphatic carbocycles. The average Bonchev–Trinajstić information content (AvgIpc) is 2.39. The van der Waals surface area contributed by atoms with Gasteiger partial charge in [0, 0.05) is 10.2 Å². The molecule has 2 rings (SSSR count). The van der Waals surface area contributed by atoms with Gasteiger partial charge in [0.2, 0.25) is 0 Å². The van der Waals surface area contributed by atoms with Crippen LogP contribution in [0.25, 0.3) is 0 Å². The van der Waals surface area contributed by atoms with Gasteiger partial charge in [-0.2, -0.15) is 0 Å². The predicted molar refractivity (Wildman–Crippen MR) is 89.9 cm³/mol. The SMILES string of the molecule is CCC1(CC)C(Br)CC1Oc1cccc(C(C)(C)C)c1. The maximum absolute atomic E-state index is 6.32. The molecule has 20 heavy (non-hydrogen) atoms. The van der Waals surface area contributed by atoms with Crippen molar-refractivity contribution in [3.05, 3.63) is 29.8 Å². The van der Waals surface area contributed by atoms with Gasteiger partial charge in [-0.05, 0) is 42.4 Å². The molecule has 0 radical (unpaired) electrons. The molecule has 2 unspecified atom stereocenters. The molecule has 1 nitrogen and oxygen atoms in total. The third kappa shape index (κ3) is 2.77. The first-order valence-corrected chi connectivity index (χ1v) is 8.66. The van der Waals surface area contributed by atoms with E-state index in [1.165, 1.54) is 18.4 Å². The Morgan fingerprint density at radius 3 is 2.40 bits per heavy atom. The zero-order chi connectivity index (χ0) is 15.0. The van der Waals surface area contributed by atoms with Crippen molar-refractivity contribution in [1.29, 1.82) is 0 Å². The van der Waals surface area contributed by atoms with Crippen LogP contribution in [0, 0.1) is 5.41 Å². The highest BCUT2D eigenvalue weighted by atomic mass is 79.9. The van der Waals surface area contributed by atoms with Gasteiger partial charge in [-0.3, -0.25) is 0 Å². The van der Waals surface area contributed by atoms with Gasteiger partial charge in [-0.15, -0.1) is 0 Å². The summed E-state index contributed by atoms with van der Waals surface area (Å²) in [6, 6.07) is 8.60. The van der Waals surface area contributed by atoms with Gasteiger partial charge < -0.3 is 4.74 Å². The third-order valence-electron chi connectivity index (χ3n) is 4.98. The molecule has 1 aliphatic rings. The third-order valence-corrected chi connectivity index (χ3v) is 6.27. The summed E-state index contributed by atoms with van der Waals surface area (Å²) in [4.78, 5) is 0.598. The van der Waals surface area contributed by atoms with Crippen molar-refractivity contribution < 1.29 is 4.74 Å². The van der Waals surface area contributed by atoms with Crippen LogP contribution in [-0.4, -0.2) is 10.9 Å². The molecule has 0 aromatic heterocycles. The molecule has 0 saturated heterocycles. The minimum Gasteiger partial charge on any atom is -0.490 e. The zero-order valence-electron chi connectivity index (χ0n) is 13.4. The van der Waals surface area contributed by atoms with Crippen LogP contribution in [-0.2, 0) is 5.41 Å². The number of rotatable bonds is 4. The standard InChI is InChI=1S/C18H27BrO/c1-6-18(7-2)15(19)12-16(18)20-14-10-8-9-13(11-14)17(3,4)5/h8-11,15-16H,6-7,12H2,1-5H3. The van der Waals surface area contributed by atoms with Crippen molar-refractivity contribution in [1.82, 2.24) is 0 Å². The maximum Gasteiger partial charge on any atom is 0.120 e. The van der Waals surface area contributed by atoms with E-state index in [9.17, 15) is 0 Å². The smallest absolute Gasteiger partial charge is 0.120 e. The summed E-state index contributed by atoms with van der Waals surface area (Å²) in [5, 5.41) is 0. The topological polar surface area (TPSA) is 9.23 Å². The highest BCUT2D eigenvalue weighted by Gasteiger charge is 2.53. The van der Waals surface area contributed by atoms with Gasteiger partial charge in [-0.25, -0.2) is 0 Å². The van der Waals surface area contributed by atoms with Gasteiger partial charge in [0.15, 0.2) is 0 Å². The summed E-state index contributed by atoms with van der Waals surface area (Å²) in [5.41, 5.74) is 1.81. The Kier molecular flexibility index (Phi) is 4.53. The number of halogens is 1. The lowest BCUT2D eigenvalue weighted by Crippen LogP contribution is -2.56. The Labute approximate surface area is 132 Å². The fraction of sp³-hybridized carbons (Fsp3) is 0.667. The fourth-order valence-electron chi connectivity index (χ4n) is 3.21. The van der Waals surface area contributed by atoms with Crippen LogP contribution in [0.1, 0.15) is 59.4 Å². The zero-order valence-corrected chi connectivity index (χ0v) is 15.0. The normalized spacial score (nSPS) is 25.1. The van der Waals surface area contributed by atoms with Crippen LogP contribution < -0.4 is 4.74 Å². The molecule has 1 saturated carbocycles. The van der Waals surface area contributed by atoms with Crippen molar-refractivity contribution in [2.24, 2.45) is 5.41 Å². The number of hydrogen-bond donors (Lipinski definition) is 0. The quantitative estimate of drug-likeness (QED) is 0.639. The maximum atomic E-state index is 6.32. The van der Waals surface area contributed by atoms with E-state index in [0.29, 0.717) is 16.3 Å². The number of alkyl halides is 1. The van der Waals surface area contributed by atoms with Crippen molar-refractivity contribution in [3.8, 4) is 5.75 Å². The highest BCUT2D eigenvalue weighted by Crippen LogP contribution is 2.52. The summed E-state index contributed by atoms with van der Waals surface area (Å²) in [5.74, 6) is 1.02. The van der Waals surface area contributed by atoms with Crippen LogP contribution in [0.4, 0.5) is 0 Å². The first-order valence-electron chi connectivity index (χ1n) is 7.74. The van der Waals surface area contributed by atoms with E-state index in [1.54, 1.807) is 0 Å². The molecular formula is C18H27BrO. The molecule has 0 bridgehead atoms. The summed E-state index contributed by atoms with van der Waals surface area (Å²) in [6.07, 6.45) is 3.80. The summed E-state index contributed by atoms with van der Waals surface area (Å²) >= 11 is 3.82. The molecular weight excluding hydrogens is 312 g/mol. The molecule has 0 spiro atoms. The number of hydrogen-bond acceptors (Lipinski definition) is 1. The predicted octanol–water partition coefficient (Wildman–Crippen LogP) is 5.71. The van der Waals surface area contributed by atoms with Crippen LogP contribution in [0.5, 0.6) is 5.75 Å². The second-order valence-corrected chi connectivity index (χ2v) is 8.13. The highest BCUT2D eigenvalue weighted by molar-refractivity contribution is 9.09. The van der Waals surface area contributed by atoms with E-state index >= 15 is 0 Å². The van der Waals surface area contributed by atoms with Crippen molar-refractivity contribution in [2.75, 3.05) is 0 Å². The molecule has 1 aromatic rings. The van der Waals surface area contributed by atoms with E-state index in [4.69, 9.17) is 4.74 Å². The van der Waals surface area contributed by atoms with E-state index in [2.05, 4.69) is 74.8 Å². The lowest BCUT2D eigenvalue weighted by Gasteiger charge is -2.52. The molecule has 1 aromatic carbocycles. The van der Waals surface area contributed by atoms with E-state index in [1.807, 2.05) is 0 Å². The molecule has 112 valence electrons.